The molecule has 1 unspecified atom stereocenters. The SMILES string of the molecule is COC(C)(C)CC(NN)C1CCC1. The van der Waals surface area contributed by atoms with E-state index in [1.165, 1.54) is 19.3 Å². The van der Waals surface area contributed by atoms with Gasteiger partial charge in [-0.1, -0.05) is 6.42 Å². The molecule has 3 nitrogen and oxygen atoms in total. The molecule has 3 heteroatoms. The highest BCUT2D eigenvalue weighted by Crippen LogP contribution is 2.33. The van der Waals surface area contributed by atoms with E-state index < -0.39 is 0 Å². The molecule has 1 fully saturated rings. The van der Waals surface area contributed by atoms with Gasteiger partial charge in [-0.15, -0.1) is 0 Å². The van der Waals surface area contributed by atoms with Gasteiger partial charge in [-0.2, -0.15) is 0 Å². The number of ether oxygens (including phenoxy) is 1. The molecule has 0 heterocycles. The molecule has 1 aliphatic carbocycles. The van der Waals surface area contributed by atoms with Crippen LogP contribution in [0.1, 0.15) is 39.5 Å². The maximum atomic E-state index is 5.54. The molecule has 0 aromatic carbocycles. The van der Waals surface area contributed by atoms with Crippen molar-refractivity contribution < 1.29 is 4.74 Å². The molecule has 0 aromatic heterocycles. The summed E-state index contributed by atoms with van der Waals surface area (Å²) >= 11 is 0. The Bertz CT molecular complexity index is 155. The summed E-state index contributed by atoms with van der Waals surface area (Å²) in [6.45, 7) is 4.21. The molecule has 0 aromatic rings. The fraction of sp³-hybridized carbons (Fsp3) is 1.00. The normalized spacial score (nSPS) is 21.2. The van der Waals surface area contributed by atoms with Gasteiger partial charge in [0.25, 0.3) is 0 Å². The van der Waals surface area contributed by atoms with Gasteiger partial charge in [0.15, 0.2) is 0 Å². The second-order valence-electron chi connectivity index (χ2n) is 4.63. The number of methoxy groups -OCH3 is 1. The first kappa shape index (κ1) is 11.0. The third kappa shape index (κ3) is 2.93. The average Bonchev–Trinajstić information content (AvgIpc) is 2.00. The van der Waals surface area contributed by atoms with Crippen molar-refractivity contribution in [1.29, 1.82) is 0 Å². The van der Waals surface area contributed by atoms with Crippen LogP contribution >= 0.6 is 0 Å². The van der Waals surface area contributed by atoms with Gasteiger partial charge in [0, 0.05) is 13.2 Å². The molecular weight excluding hydrogens is 164 g/mol. The molecule has 0 amide bonds. The zero-order valence-corrected chi connectivity index (χ0v) is 8.97. The van der Waals surface area contributed by atoms with Crippen molar-refractivity contribution in [1.82, 2.24) is 5.43 Å². The van der Waals surface area contributed by atoms with Gasteiger partial charge < -0.3 is 4.74 Å². The molecule has 0 spiro atoms. The van der Waals surface area contributed by atoms with E-state index in [1.54, 1.807) is 7.11 Å². The summed E-state index contributed by atoms with van der Waals surface area (Å²) in [5.74, 6) is 6.30. The zero-order chi connectivity index (χ0) is 9.90. The predicted octanol–water partition coefficient (Wildman–Crippen LogP) is 1.43. The molecule has 0 bridgehead atoms. The maximum absolute atomic E-state index is 5.54. The summed E-state index contributed by atoms with van der Waals surface area (Å²) < 4.78 is 5.39. The van der Waals surface area contributed by atoms with E-state index in [-0.39, 0.29) is 5.60 Å². The van der Waals surface area contributed by atoms with Gasteiger partial charge in [-0.3, -0.25) is 11.3 Å². The van der Waals surface area contributed by atoms with Gasteiger partial charge in [-0.25, -0.2) is 0 Å². The Kier molecular flexibility index (Phi) is 3.71. The van der Waals surface area contributed by atoms with E-state index in [0.717, 1.165) is 12.3 Å². The smallest absolute Gasteiger partial charge is 0.0638 e. The van der Waals surface area contributed by atoms with Crippen LogP contribution in [0.25, 0.3) is 0 Å². The van der Waals surface area contributed by atoms with Crippen molar-refractivity contribution >= 4 is 0 Å². The minimum atomic E-state index is -0.0629. The first-order valence-electron chi connectivity index (χ1n) is 5.10. The largest absolute Gasteiger partial charge is 0.379 e. The van der Waals surface area contributed by atoms with Gasteiger partial charge in [0.1, 0.15) is 0 Å². The van der Waals surface area contributed by atoms with Gasteiger partial charge in [-0.05, 0) is 39.0 Å². The summed E-state index contributed by atoms with van der Waals surface area (Å²) in [5.41, 5.74) is 2.85. The van der Waals surface area contributed by atoms with E-state index in [9.17, 15) is 0 Å². The van der Waals surface area contributed by atoms with Crippen molar-refractivity contribution in [2.24, 2.45) is 11.8 Å². The van der Waals surface area contributed by atoms with Gasteiger partial charge in [0.2, 0.25) is 0 Å². The fourth-order valence-corrected chi connectivity index (χ4v) is 1.82. The molecule has 1 aliphatic rings. The van der Waals surface area contributed by atoms with E-state index >= 15 is 0 Å². The number of nitrogens with one attached hydrogen (secondary N) is 1. The molecule has 1 saturated carbocycles. The Morgan fingerprint density at radius 2 is 2.15 bits per heavy atom. The Labute approximate surface area is 81.0 Å². The van der Waals surface area contributed by atoms with Crippen LogP contribution in [0.5, 0.6) is 0 Å². The van der Waals surface area contributed by atoms with Crippen LogP contribution in [0, 0.1) is 5.92 Å². The summed E-state index contributed by atoms with van der Waals surface area (Å²) in [7, 11) is 1.76. The molecule has 78 valence electrons. The monoisotopic (exact) mass is 186 g/mol. The van der Waals surface area contributed by atoms with Crippen molar-refractivity contribution in [2.75, 3.05) is 7.11 Å². The molecule has 0 radical (unpaired) electrons. The minimum absolute atomic E-state index is 0.0629. The molecule has 1 atom stereocenters. The van der Waals surface area contributed by atoms with E-state index in [4.69, 9.17) is 10.6 Å². The zero-order valence-electron chi connectivity index (χ0n) is 8.97. The standard InChI is InChI=1S/C10H22N2O/c1-10(2,13-3)7-9(12-11)8-5-4-6-8/h8-9,12H,4-7,11H2,1-3H3. The second-order valence-corrected chi connectivity index (χ2v) is 4.63. The lowest BCUT2D eigenvalue weighted by Crippen LogP contribution is -2.47. The van der Waals surface area contributed by atoms with Crippen LogP contribution in [-0.4, -0.2) is 18.8 Å². The molecular formula is C10H22N2O. The lowest BCUT2D eigenvalue weighted by atomic mass is 9.76. The van der Waals surface area contributed by atoms with Crippen molar-refractivity contribution in [3.05, 3.63) is 0 Å². The second kappa shape index (κ2) is 4.40. The third-order valence-electron chi connectivity index (χ3n) is 3.20. The number of hydrogen-bond acceptors (Lipinski definition) is 3. The first-order valence-corrected chi connectivity index (χ1v) is 5.10. The van der Waals surface area contributed by atoms with Gasteiger partial charge in [0.05, 0.1) is 5.60 Å². The first-order chi connectivity index (χ1) is 6.09. The Morgan fingerprint density at radius 1 is 1.54 bits per heavy atom. The highest BCUT2D eigenvalue weighted by atomic mass is 16.5. The minimum Gasteiger partial charge on any atom is -0.379 e. The molecule has 13 heavy (non-hydrogen) atoms. The summed E-state index contributed by atoms with van der Waals surface area (Å²) in [6, 6.07) is 0.420. The molecule has 0 saturated heterocycles. The van der Waals surface area contributed by atoms with Crippen LogP contribution in [0.2, 0.25) is 0 Å². The van der Waals surface area contributed by atoms with Gasteiger partial charge >= 0.3 is 0 Å². The summed E-state index contributed by atoms with van der Waals surface area (Å²) in [6.07, 6.45) is 4.98. The number of nitrogens with two attached hydrogens (primary N) is 1. The average molecular weight is 186 g/mol. The van der Waals surface area contributed by atoms with E-state index in [0.29, 0.717) is 6.04 Å². The Morgan fingerprint density at radius 3 is 2.46 bits per heavy atom. The third-order valence-corrected chi connectivity index (χ3v) is 3.20. The van der Waals surface area contributed by atoms with Crippen LogP contribution < -0.4 is 11.3 Å². The Hall–Kier alpha value is -0.120. The van der Waals surface area contributed by atoms with Crippen LogP contribution in [0.3, 0.4) is 0 Å². The quantitative estimate of drug-likeness (QED) is 0.504. The fourth-order valence-electron chi connectivity index (χ4n) is 1.82. The Balaban J connectivity index is 2.38. The highest BCUT2D eigenvalue weighted by Gasteiger charge is 2.31. The molecule has 3 N–H and O–H groups in total. The van der Waals surface area contributed by atoms with Crippen LogP contribution in [0.15, 0.2) is 0 Å². The number of hydrazine groups is 1. The summed E-state index contributed by atoms with van der Waals surface area (Å²) in [4.78, 5) is 0. The van der Waals surface area contributed by atoms with E-state index in [2.05, 4.69) is 19.3 Å². The van der Waals surface area contributed by atoms with E-state index in [1.807, 2.05) is 0 Å². The summed E-state index contributed by atoms with van der Waals surface area (Å²) in [5, 5.41) is 0. The van der Waals surface area contributed by atoms with Crippen LogP contribution in [0.4, 0.5) is 0 Å². The number of rotatable bonds is 5. The predicted molar refractivity (Wildman–Crippen MR) is 54.2 cm³/mol. The number of hydrogen-bond donors (Lipinski definition) is 2. The lowest BCUT2D eigenvalue weighted by molar-refractivity contribution is -0.00337. The molecule has 1 rings (SSSR count). The van der Waals surface area contributed by atoms with Crippen molar-refractivity contribution in [3.8, 4) is 0 Å². The van der Waals surface area contributed by atoms with Crippen molar-refractivity contribution in [3.63, 3.8) is 0 Å². The van der Waals surface area contributed by atoms with Crippen molar-refractivity contribution in [2.45, 2.75) is 51.2 Å². The topological polar surface area (TPSA) is 47.3 Å². The highest BCUT2D eigenvalue weighted by molar-refractivity contribution is 4.86. The van der Waals surface area contributed by atoms with Crippen LogP contribution in [-0.2, 0) is 4.74 Å². The molecule has 0 aliphatic heterocycles. The maximum Gasteiger partial charge on any atom is 0.0638 e. The lowest BCUT2D eigenvalue weighted by Gasteiger charge is -2.37.